The van der Waals surface area contributed by atoms with Crippen molar-refractivity contribution in [2.75, 3.05) is 10.7 Å². The molecule has 1 aliphatic rings. The Bertz CT molecular complexity index is 1200. The van der Waals surface area contributed by atoms with Crippen molar-refractivity contribution in [1.29, 1.82) is 0 Å². The molecule has 3 aromatic rings. The average molecular weight is 479 g/mol. The Balaban J connectivity index is 1.83. The number of carbonyl (C=O) groups excluding carboxylic acids is 2. The molecule has 0 aliphatic carbocycles. The van der Waals surface area contributed by atoms with Crippen LogP contribution < -0.4 is 14.4 Å². The number of hydrogen-bond donors (Lipinski definition) is 0. The fourth-order valence-electron chi connectivity index (χ4n) is 3.76. The second-order valence-corrected chi connectivity index (χ2v) is 8.87. The quantitative estimate of drug-likeness (QED) is 0.198. The lowest BCUT2D eigenvalue weighted by atomic mass is 10.1. The molecule has 4 rings (SSSR count). The molecule has 0 N–H and O–H groups in total. The number of amides is 1. The summed E-state index contributed by atoms with van der Waals surface area (Å²) in [5.74, 6) is 0.745. The Hall–Kier alpha value is -3.46. The highest BCUT2D eigenvalue weighted by atomic mass is 32.2. The van der Waals surface area contributed by atoms with Crippen LogP contribution in [0.1, 0.15) is 51.8 Å². The fourth-order valence-corrected chi connectivity index (χ4v) is 4.54. The van der Waals surface area contributed by atoms with E-state index in [2.05, 4.69) is 22.1 Å². The molecule has 0 spiro atoms. The van der Waals surface area contributed by atoms with Crippen molar-refractivity contribution in [1.82, 2.24) is 15.2 Å². The van der Waals surface area contributed by atoms with Crippen molar-refractivity contribution < 1.29 is 19.1 Å². The molecular weight excluding hydrogens is 452 g/mol. The molecule has 0 radical (unpaired) electrons. The smallest absolute Gasteiger partial charge is 0.308 e. The third kappa shape index (κ3) is 5.04. The summed E-state index contributed by atoms with van der Waals surface area (Å²) in [5, 5.41) is 9.24. The Morgan fingerprint density at radius 1 is 1.06 bits per heavy atom. The monoisotopic (exact) mass is 478 g/mol. The molecule has 1 atom stereocenters. The third-order valence-electron chi connectivity index (χ3n) is 5.27. The number of para-hydroxylation sites is 2. The van der Waals surface area contributed by atoms with Crippen molar-refractivity contribution in [3.63, 3.8) is 0 Å². The van der Waals surface area contributed by atoms with Gasteiger partial charge in [0.15, 0.2) is 5.69 Å². The van der Waals surface area contributed by atoms with E-state index < -0.39 is 12.2 Å². The van der Waals surface area contributed by atoms with E-state index in [9.17, 15) is 9.59 Å². The zero-order valence-corrected chi connectivity index (χ0v) is 20.2. The highest BCUT2D eigenvalue weighted by Crippen LogP contribution is 2.44. The SMILES string of the molecule is CCCCCSc1nnc2c(n1)OC(c1ccccc1OC(C)=O)N(C(C)=O)c1ccccc1-2. The molecule has 0 saturated carbocycles. The minimum Gasteiger partial charge on any atom is -0.447 e. The van der Waals surface area contributed by atoms with Crippen molar-refractivity contribution in [2.45, 2.75) is 51.4 Å². The van der Waals surface area contributed by atoms with Crippen LogP contribution in [0.5, 0.6) is 11.6 Å². The Labute approximate surface area is 202 Å². The number of rotatable bonds is 7. The van der Waals surface area contributed by atoms with E-state index in [1.165, 1.54) is 30.5 Å². The van der Waals surface area contributed by atoms with Gasteiger partial charge in [0.25, 0.3) is 0 Å². The fraction of sp³-hybridized carbons (Fsp3) is 0.320. The van der Waals surface area contributed by atoms with Gasteiger partial charge in [-0.3, -0.25) is 14.5 Å². The molecule has 2 aromatic carbocycles. The number of anilines is 1. The molecule has 2 heterocycles. The summed E-state index contributed by atoms with van der Waals surface area (Å²) < 4.78 is 11.8. The van der Waals surface area contributed by atoms with Gasteiger partial charge in [0.05, 0.1) is 11.3 Å². The van der Waals surface area contributed by atoms with Crippen LogP contribution in [0.15, 0.2) is 53.7 Å². The van der Waals surface area contributed by atoms with Crippen LogP contribution in [-0.4, -0.2) is 32.8 Å². The van der Waals surface area contributed by atoms with Crippen LogP contribution in [0.2, 0.25) is 0 Å². The summed E-state index contributed by atoms with van der Waals surface area (Å²) in [4.78, 5) is 30.8. The number of esters is 1. The van der Waals surface area contributed by atoms with E-state index in [4.69, 9.17) is 9.47 Å². The zero-order chi connectivity index (χ0) is 24.1. The van der Waals surface area contributed by atoms with Crippen molar-refractivity contribution in [3.05, 3.63) is 54.1 Å². The van der Waals surface area contributed by atoms with Gasteiger partial charge < -0.3 is 9.47 Å². The van der Waals surface area contributed by atoms with Crippen LogP contribution in [0.4, 0.5) is 5.69 Å². The molecule has 1 unspecified atom stereocenters. The van der Waals surface area contributed by atoms with Gasteiger partial charge in [-0.2, -0.15) is 4.98 Å². The maximum Gasteiger partial charge on any atom is 0.308 e. The van der Waals surface area contributed by atoms with E-state index in [1.807, 2.05) is 24.3 Å². The van der Waals surface area contributed by atoms with Gasteiger partial charge in [0, 0.05) is 25.2 Å². The molecule has 0 fully saturated rings. The highest BCUT2D eigenvalue weighted by Gasteiger charge is 2.36. The van der Waals surface area contributed by atoms with E-state index in [0.717, 1.165) is 25.0 Å². The standard InChI is InChI=1S/C25H26N4O4S/c1-4-5-10-15-34-25-26-23-22(27-28-25)18-11-6-8-13-20(18)29(16(2)30)24(33-23)19-12-7-9-14-21(19)32-17(3)31/h6-9,11-14,24H,4-5,10,15H2,1-3H3. The number of fused-ring (bicyclic) bond motifs is 3. The predicted molar refractivity (Wildman–Crippen MR) is 130 cm³/mol. The Morgan fingerprint density at radius 3 is 2.59 bits per heavy atom. The number of nitrogens with zero attached hydrogens (tertiary/aromatic N) is 4. The first kappa shape index (κ1) is 23.7. The van der Waals surface area contributed by atoms with Gasteiger partial charge in [0.1, 0.15) is 5.75 Å². The van der Waals surface area contributed by atoms with Crippen LogP contribution >= 0.6 is 11.8 Å². The molecular formula is C25H26N4O4S. The van der Waals surface area contributed by atoms with Gasteiger partial charge in [-0.1, -0.05) is 61.9 Å². The lowest BCUT2D eigenvalue weighted by Gasteiger charge is -2.30. The molecule has 0 bridgehead atoms. The highest BCUT2D eigenvalue weighted by molar-refractivity contribution is 7.99. The summed E-state index contributed by atoms with van der Waals surface area (Å²) in [6.07, 6.45) is 2.40. The van der Waals surface area contributed by atoms with E-state index in [0.29, 0.717) is 33.4 Å². The normalized spacial score (nSPS) is 14.4. The van der Waals surface area contributed by atoms with Gasteiger partial charge in [-0.05, 0) is 24.6 Å². The summed E-state index contributed by atoms with van der Waals surface area (Å²) in [7, 11) is 0. The predicted octanol–water partition coefficient (Wildman–Crippen LogP) is 5.19. The largest absolute Gasteiger partial charge is 0.447 e. The molecule has 8 nitrogen and oxygen atoms in total. The maximum atomic E-state index is 12.9. The van der Waals surface area contributed by atoms with Gasteiger partial charge in [-0.25, -0.2) is 0 Å². The second kappa shape index (κ2) is 10.6. The van der Waals surface area contributed by atoms with Crippen LogP contribution in [0, 0.1) is 0 Å². The molecule has 1 aromatic heterocycles. The van der Waals surface area contributed by atoms with E-state index >= 15 is 0 Å². The van der Waals surface area contributed by atoms with Crippen LogP contribution in [0.3, 0.4) is 0 Å². The first-order valence-electron chi connectivity index (χ1n) is 11.2. The molecule has 0 saturated heterocycles. The molecule has 34 heavy (non-hydrogen) atoms. The zero-order valence-electron chi connectivity index (χ0n) is 19.4. The minimum absolute atomic E-state index is 0.245. The van der Waals surface area contributed by atoms with Crippen LogP contribution in [-0.2, 0) is 9.59 Å². The van der Waals surface area contributed by atoms with Gasteiger partial charge in [-0.15, -0.1) is 10.2 Å². The van der Waals surface area contributed by atoms with E-state index in [1.54, 1.807) is 24.3 Å². The number of unbranched alkanes of at least 4 members (excludes halogenated alkanes) is 2. The molecule has 9 heteroatoms. The van der Waals surface area contributed by atoms with Gasteiger partial charge >= 0.3 is 5.97 Å². The minimum atomic E-state index is -0.926. The van der Waals surface area contributed by atoms with Gasteiger partial charge in [0.2, 0.25) is 23.2 Å². The Morgan fingerprint density at radius 2 is 1.82 bits per heavy atom. The first-order valence-corrected chi connectivity index (χ1v) is 12.2. The van der Waals surface area contributed by atoms with Crippen molar-refractivity contribution in [2.24, 2.45) is 0 Å². The molecule has 1 aliphatic heterocycles. The van der Waals surface area contributed by atoms with Crippen molar-refractivity contribution >= 4 is 29.3 Å². The maximum absolute atomic E-state index is 12.9. The topological polar surface area (TPSA) is 94.5 Å². The average Bonchev–Trinajstić information content (AvgIpc) is 2.96. The molecule has 1 amide bonds. The number of benzene rings is 2. The number of ether oxygens (including phenoxy) is 2. The van der Waals surface area contributed by atoms with Crippen molar-refractivity contribution in [3.8, 4) is 22.9 Å². The second-order valence-electron chi connectivity index (χ2n) is 7.81. The number of carbonyl (C=O) groups is 2. The lowest BCUT2D eigenvalue weighted by Crippen LogP contribution is -2.36. The van der Waals surface area contributed by atoms with E-state index in [-0.39, 0.29) is 11.8 Å². The summed E-state index contributed by atoms with van der Waals surface area (Å²) in [5.41, 5.74) is 2.26. The lowest BCUT2D eigenvalue weighted by molar-refractivity contribution is -0.132. The summed E-state index contributed by atoms with van der Waals surface area (Å²) in [6.45, 7) is 4.95. The number of hydrogen-bond acceptors (Lipinski definition) is 8. The number of aromatic nitrogens is 3. The number of thioether (sulfide) groups is 1. The Kier molecular flexibility index (Phi) is 7.42. The summed E-state index contributed by atoms with van der Waals surface area (Å²) in [6, 6.07) is 14.4. The first-order chi connectivity index (χ1) is 16.5. The molecule has 176 valence electrons. The third-order valence-corrected chi connectivity index (χ3v) is 6.19. The van der Waals surface area contributed by atoms with Crippen LogP contribution in [0.25, 0.3) is 11.3 Å². The summed E-state index contributed by atoms with van der Waals surface area (Å²) >= 11 is 1.52.